The van der Waals surface area contributed by atoms with Crippen molar-refractivity contribution < 1.29 is 9.32 Å². The summed E-state index contributed by atoms with van der Waals surface area (Å²) < 4.78 is 5.31. The van der Waals surface area contributed by atoms with Gasteiger partial charge in [0.1, 0.15) is 0 Å². The van der Waals surface area contributed by atoms with Crippen molar-refractivity contribution in [2.75, 3.05) is 11.4 Å². The SMILES string of the molecule is C[C@@H]1CC[C@H](C(N)=O)CN1c1noc(C(C)(C)C)n1. The van der Waals surface area contributed by atoms with E-state index in [4.69, 9.17) is 10.3 Å². The van der Waals surface area contributed by atoms with Crippen molar-refractivity contribution >= 4 is 11.9 Å². The van der Waals surface area contributed by atoms with Crippen LogP contribution in [0.5, 0.6) is 0 Å². The molecule has 1 aromatic heterocycles. The van der Waals surface area contributed by atoms with Gasteiger partial charge in [0.05, 0.1) is 5.92 Å². The topological polar surface area (TPSA) is 85.3 Å². The van der Waals surface area contributed by atoms with Crippen LogP contribution in [0.1, 0.15) is 46.4 Å². The highest BCUT2D eigenvalue weighted by Gasteiger charge is 2.32. The molecule has 1 saturated heterocycles. The molecule has 0 spiro atoms. The number of hydrogen-bond donors (Lipinski definition) is 1. The third-order valence-corrected chi connectivity index (χ3v) is 3.60. The van der Waals surface area contributed by atoms with Gasteiger partial charge in [-0.3, -0.25) is 4.79 Å². The maximum atomic E-state index is 11.3. The van der Waals surface area contributed by atoms with E-state index in [1.807, 2.05) is 25.7 Å². The summed E-state index contributed by atoms with van der Waals surface area (Å²) in [5.41, 5.74) is 5.22. The monoisotopic (exact) mass is 266 g/mol. The molecule has 2 atom stereocenters. The fraction of sp³-hybridized carbons (Fsp3) is 0.769. The zero-order valence-electron chi connectivity index (χ0n) is 12.0. The van der Waals surface area contributed by atoms with Crippen molar-refractivity contribution in [3.63, 3.8) is 0 Å². The summed E-state index contributed by atoms with van der Waals surface area (Å²) in [6.45, 7) is 8.74. The minimum Gasteiger partial charge on any atom is -0.369 e. The zero-order chi connectivity index (χ0) is 14.2. The number of nitrogens with two attached hydrogens (primary N) is 1. The largest absolute Gasteiger partial charge is 0.369 e. The average Bonchev–Trinajstić information content (AvgIpc) is 2.78. The second-order valence-electron chi connectivity index (χ2n) is 6.33. The molecule has 1 fully saturated rings. The van der Waals surface area contributed by atoms with Crippen LogP contribution >= 0.6 is 0 Å². The van der Waals surface area contributed by atoms with Crippen LogP contribution in [-0.4, -0.2) is 28.6 Å². The van der Waals surface area contributed by atoms with Gasteiger partial charge in [0.2, 0.25) is 11.8 Å². The summed E-state index contributed by atoms with van der Waals surface area (Å²) in [5.74, 6) is 0.781. The number of nitrogens with zero attached hydrogens (tertiary/aromatic N) is 3. The first-order valence-electron chi connectivity index (χ1n) is 6.69. The van der Waals surface area contributed by atoms with Crippen molar-refractivity contribution in [1.29, 1.82) is 0 Å². The van der Waals surface area contributed by atoms with E-state index in [2.05, 4.69) is 17.1 Å². The number of anilines is 1. The summed E-state index contributed by atoms with van der Waals surface area (Å²) >= 11 is 0. The van der Waals surface area contributed by atoms with Crippen LogP contribution in [0.2, 0.25) is 0 Å². The second-order valence-corrected chi connectivity index (χ2v) is 6.33. The number of piperidine rings is 1. The molecule has 2 rings (SSSR count). The lowest BCUT2D eigenvalue weighted by atomic mass is 9.93. The Morgan fingerprint density at radius 3 is 2.63 bits per heavy atom. The Morgan fingerprint density at radius 1 is 1.42 bits per heavy atom. The lowest BCUT2D eigenvalue weighted by molar-refractivity contribution is -0.122. The molecule has 19 heavy (non-hydrogen) atoms. The molecular formula is C13H22N4O2. The fourth-order valence-corrected chi connectivity index (χ4v) is 2.25. The van der Waals surface area contributed by atoms with Crippen LogP contribution in [0, 0.1) is 5.92 Å². The van der Waals surface area contributed by atoms with Crippen LogP contribution in [0.25, 0.3) is 0 Å². The van der Waals surface area contributed by atoms with E-state index in [0.717, 1.165) is 12.8 Å². The molecule has 2 N–H and O–H groups in total. The highest BCUT2D eigenvalue weighted by Crippen LogP contribution is 2.28. The van der Waals surface area contributed by atoms with Crippen LogP contribution in [0.4, 0.5) is 5.95 Å². The quantitative estimate of drug-likeness (QED) is 0.875. The minimum atomic E-state index is -0.253. The molecule has 1 amide bonds. The van der Waals surface area contributed by atoms with Gasteiger partial charge in [-0.05, 0) is 24.9 Å². The second kappa shape index (κ2) is 4.83. The molecule has 1 aliphatic heterocycles. The van der Waals surface area contributed by atoms with Crippen molar-refractivity contribution in [3.05, 3.63) is 5.89 Å². The fourth-order valence-electron chi connectivity index (χ4n) is 2.25. The summed E-state index contributed by atoms with van der Waals surface area (Å²) in [5, 5.41) is 4.04. The number of aromatic nitrogens is 2. The predicted molar refractivity (Wildman–Crippen MR) is 71.7 cm³/mol. The standard InChI is InChI=1S/C13H22N4O2/c1-8-5-6-9(10(14)18)7-17(8)12-15-11(19-16-12)13(2,3)4/h8-9H,5-7H2,1-4H3,(H2,14,18)/t8-,9+/m1/s1. The van der Waals surface area contributed by atoms with E-state index >= 15 is 0 Å². The normalized spacial score (nSPS) is 24.5. The Balaban J connectivity index is 2.19. The van der Waals surface area contributed by atoms with Gasteiger partial charge in [0.25, 0.3) is 5.95 Å². The minimum absolute atomic E-state index is 0.132. The van der Waals surface area contributed by atoms with Gasteiger partial charge in [0.15, 0.2) is 0 Å². The number of hydrogen-bond acceptors (Lipinski definition) is 5. The van der Waals surface area contributed by atoms with Gasteiger partial charge in [-0.15, -0.1) is 0 Å². The lowest BCUT2D eigenvalue weighted by Crippen LogP contribution is -2.46. The lowest BCUT2D eigenvalue weighted by Gasteiger charge is -2.35. The zero-order valence-corrected chi connectivity index (χ0v) is 12.0. The van der Waals surface area contributed by atoms with E-state index in [9.17, 15) is 4.79 Å². The van der Waals surface area contributed by atoms with Crippen molar-refractivity contribution in [2.45, 2.75) is 52.0 Å². The summed E-state index contributed by atoms with van der Waals surface area (Å²) in [6.07, 6.45) is 1.74. The molecule has 0 aliphatic carbocycles. The van der Waals surface area contributed by atoms with E-state index in [1.165, 1.54) is 0 Å². The van der Waals surface area contributed by atoms with E-state index in [0.29, 0.717) is 24.4 Å². The van der Waals surface area contributed by atoms with Gasteiger partial charge >= 0.3 is 0 Å². The van der Waals surface area contributed by atoms with E-state index in [-0.39, 0.29) is 17.2 Å². The molecule has 0 aromatic carbocycles. The number of rotatable bonds is 2. The summed E-state index contributed by atoms with van der Waals surface area (Å²) in [7, 11) is 0. The highest BCUT2D eigenvalue weighted by molar-refractivity contribution is 5.77. The first-order chi connectivity index (χ1) is 8.79. The summed E-state index contributed by atoms with van der Waals surface area (Å²) in [6, 6.07) is 0.293. The van der Waals surface area contributed by atoms with Crippen LogP contribution in [0.3, 0.4) is 0 Å². The molecule has 2 heterocycles. The number of carbonyl (C=O) groups is 1. The van der Waals surface area contributed by atoms with E-state index < -0.39 is 0 Å². The molecule has 1 aromatic rings. The van der Waals surface area contributed by atoms with Gasteiger partial charge in [0, 0.05) is 18.0 Å². The van der Waals surface area contributed by atoms with E-state index in [1.54, 1.807) is 0 Å². The third-order valence-electron chi connectivity index (χ3n) is 3.60. The van der Waals surface area contributed by atoms with Gasteiger partial charge in [-0.2, -0.15) is 4.98 Å². The highest BCUT2D eigenvalue weighted by atomic mass is 16.5. The van der Waals surface area contributed by atoms with Gasteiger partial charge < -0.3 is 15.2 Å². The Labute approximate surface area is 113 Å². The maximum absolute atomic E-state index is 11.3. The first-order valence-corrected chi connectivity index (χ1v) is 6.69. The Hall–Kier alpha value is -1.59. The average molecular weight is 266 g/mol. The van der Waals surface area contributed by atoms with Crippen LogP contribution in [0.15, 0.2) is 4.52 Å². The number of amides is 1. The molecule has 0 saturated carbocycles. The first kappa shape index (κ1) is 13.8. The Kier molecular flexibility index (Phi) is 3.52. The van der Waals surface area contributed by atoms with Crippen molar-refractivity contribution in [3.8, 4) is 0 Å². The smallest absolute Gasteiger partial charge is 0.266 e. The van der Waals surface area contributed by atoms with Gasteiger partial charge in [-0.25, -0.2) is 0 Å². The Bertz CT molecular complexity index is 463. The molecule has 0 unspecified atom stereocenters. The molecule has 0 radical (unpaired) electrons. The van der Waals surface area contributed by atoms with Crippen LogP contribution < -0.4 is 10.6 Å². The molecule has 1 aliphatic rings. The predicted octanol–water partition coefficient (Wildman–Crippen LogP) is 1.46. The van der Waals surface area contributed by atoms with Crippen molar-refractivity contribution in [2.24, 2.45) is 11.7 Å². The third kappa shape index (κ3) is 2.88. The molecule has 0 bridgehead atoms. The van der Waals surface area contributed by atoms with Crippen molar-refractivity contribution in [1.82, 2.24) is 10.1 Å². The number of carbonyl (C=O) groups excluding carboxylic acids is 1. The molecular weight excluding hydrogens is 244 g/mol. The molecule has 6 heteroatoms. The molecule has 6 nitrogen and oxygen atoms in total. The Morgan fingerprint density at radius 2 is 2.11 bits per heavy atom. The maximum Gasteiger partial charge on any atom is 0.266 e. The van der Waals surface area contributed by atoms with Crippen LogP contribution in [-0.2, 0) is 10.2 Å². The summed E-state index contributed by atoms with van der Waals surface area (Å²) in [4.78, 5) is 17.8. The van der Waals surface area contributed by atoms with Gasteiger partial charge in [-0.1, -0.05) is 20.8 Å². The molecule has 106 valence electrons. The number of primary amides is 1.